The Morgan fingerprint density at radius 3 is 3.15 bits per heavy atom. The molecule has 0 bridgehead atoms. The third-order valence-corrected chi connectivity index (χ3v) is 5.01. The Kier molecular flexibility index (Phi) is 4.17. The third kappa shape index (κ3) is 2.79. The molecule has 2 amide bonds. The first-order valence-corrected chi connectivity index (χ1v) is 8.11. The first-order valence-electron chi connectivity index (χ1n) is 7.12. The Morgan fingerprint density at radius 1 is 1.45 bits per heavy atom. The molecule has 1 N–H and O–H groups in total. The molecule has 108 valence electrons. The van der Waals surface area contributed by atoms with Crippen molar-refractivity contribution in [1.29, 1.82) is 0 Å². The molecule has 0 aromatic heterocycles. The average Bonchev–Trinajstić information content (AvgIpc) is 2.48. The van der Waals surface area contributed by atoms with E-state index in [1.807, 2.05) is 29.7 Å². The summed E-state index contributed by atoms with van der Waals surface area (Å²) in [4.78, 5) is 15.6. The Morgan fingerprint density at radius 2 is 2.30 bits per heavy atom. The van der Waals surface area contributed by atoms with Crippen LogP contribution in [0.25, 0.3) is 0 Å². The number of urea groups is 1. The molecule has 2 atom stereocenters. The van der Waals surface area contributed by atoms with Crippen LogP contribution in [-0.4, -0.2) is 42.5 Å². The van der Waals surface area contributed by atoms with Crippen LogP contribution in [0.3, 0.4) is 0 Å². The van der Waals surface area contributed by atoms with Gasteiger partial charge in [0.2, 0.25) is 0 Å². The standard InChI is InChI=1S/C15H20N2O2S/c1-11-10-19-8-7-17(11)15(18)16-13-6-9-20-14-5-3-2-4-12(13)14/h2-5,11,13H,6-10H2,1H3,(H,16,18). The van der Waals surface area contributed by atoms with Crippen molar-refractivity contribution in [3.05, 3.63) is 29.8 Å². The van der Waals surface area contributed by atoms with Crippen LogP contribution in [0.15, 0.2) is 29.2 Å². The lowest BCUT2D eigenvalue weighted by Crippen LogP contribution is -2.52. The van der Waals surface area contributed by atoms with Crippen molar-refractivity contribution < 1.29 is 9.53 Å². The minimum absolute atomic E-state index is 0.0347. The lowest BCUT2D eigenvalue weighted by molar-refractivity contribution is 0.0183. The van der Waals surface area contributed by atoms with Gasteiger partial charge in [-0.15, -0.1) is 11.8 Å². The molecule has 5 heteroatoms. The number of rotatable bonds is 1. The van der Waals surface area contributed by atoms with E-state index in [1.165, 1.54) is 10.5 Å². The molecule has 3 rings (SSSR count). The number of nitrogens with one attached hydrogen (secondary N) is 1. The molecule has 1 saturated heterocycles. The number of fused-ring (bicyclic) bond motifs is 1. The maximum absolute atomic E-state index is 12.4. The third-order valence-electron chi connectivity index (χ3n) is 3.88. The van der Waals surface area contributed by atoms with E-state index < -0.39 is 0 Å². The molecule has 4 nitrogen and oxygen atoms in total. The molecular weight excluding hydrogens is 272 g/mol. The molecule has 1 fully saturated rings. The van der Waals surface area contributed by atoms with Crippen LogP contribution in [0, 0.1) is 0 Å². The monoisotopic (exact) mass is 292 g/mol. The molecule has 20 heavy (non-hydrogen) atoms. The fraction of sp³-hybridized carbons (Fsp3) is 0.533. The van der Waals surface area contributed by atoms with Crippen molar-refractivity contribution in [2.75, 3.05) is 25.5 Å². The Labute approximate surface area is 123 Å². The number of carbonyl (C=O) groups is 1. The first-order chi connectivity index (χ1) is 9.75. The summed E-state index contributed by atoms with van der Waals surface area (Å²) in [6, 6.07) is 8.67. The lowest BCUT2D eigenvalue weighted by atomic mass is 10.0. The molecule has 2 aliphatic heterocycles. The summed E-state index contributed by atoms with van der Waals surface area (Å²) in [5.41, 5.74) is 1.25. The van der Waals surface area contributed by atoms with Gasteiger partial charge in [0, 0.05) is 17.2 Å². The number of carbonyl (C=O) groups excluding carboxylic acids is 1. The van der Waals surface area contributed by atoms with E-state index in [4.69, 9.17) is 4.74 Å². The molecule has 2 unspecified atom stereocenters. The Hall–Kier alpha value is -1.20. The van der Waals surface area contributed by atoms with Crippen LogP contribution >= 0.6 is 11.8 Å². The number of morpholine rings is 1. The molecule has 0 aliphatic carbocycles. The summed E-state index contributed by atoms with van der Waals surface area (Å²) in [5, 5.41) is 3.19. The molecular formula is C15H20N2O2S. The zero-order valence-electron chi connectivity index (χ0n) is 11.7. The molecule has 1 aromatic carbocycles. The van der Waals surface area contributed by atoms with E-state index in [1.54, 1.807) is 0 Å². The highest BCUT2D eigenvalue weighted by molar-refractivity contribution is 7.99. The van der Waals surface area contributed by atoms with Crippen molar-refractivity contribution in [3.8, 4) is 0 Å². The topological polar surface area (TPSA) is 41.6 Å². The van der Waals surface area contributed by atoms with Gasteiger partial charge in [-0.05, 0) is 25.0 Å². The second-order valence-electron chi connectivity index (χ2n) is 5.29. The Balaban J connectivity index is 1.70. The predicted octanol–water partition coefficient (Wildman–Crippen LogP) is 2.65. The SMILES string of the molecule is CC1COCCN1C(=O)NC1CCSc2ccccc21. The van der Waals surface area contributed by atoms with Gasteiger partial charge < -0.3 is 15.0 Å². The van der Waals surface area contributed by atoms with Gasteiger partial charge in [0.1, 0.15) is 0 Å². The van der Waals surface area contributed by atoms with E-state index in [9.17, 15) is 4.79 Å². The van der Waals surface area contributed by atoms with Gasteiger partial charge in [0.25, 0.3) is 0 Å². The largest absolute Gasteiger partial charge is 0.377 e. The minimum atomic E-state index is 0.0347. The highest BCUT2D eigenvalue weighted by Gasteiger charge is 2.27. The van der Waals surface area contributed by atoms with Crippen molar-refractivity contribution in [2.45, 2.75) is 30.3 Å². The van der Waals surface area contributed by atoms with Crippen molar-refractivity contribution in [1.82, 2.24) is 10.2 Å². The van der Waals surface area contributed by atoms with Crippen LogP contribution in [0.1, 0.15) is 24.9 Å². The van der Waals surface area contributed by atoms with Gasteiger partial charge in [-0.3, -0.25) is 0 Å². The van der Waals surface area contributed by atoms with Crippen molar-refractivity contribution in [2.24, 2.45) is 0 Å². The number of ether oxygens (including phenoxy) is 1. The van der Waals surface area contributed by atoms with Crippen LogP contribution in [0.5, 0.6) is 0 Å². The van der Waals surface area contributed by atoms with E-state index in [-0.39, 0.29) is 18.1 Å². The summed E-state index contributed by atoms with van der Waals surface area (Å²) in [7, 11) is 0. The predicted molar refractivity (Wildman–Crippen MR) is 80.0 cm³/mol. The van der Waals surface area contributed by atoms with Crippen LogP contribution in [-0.2, 0) is 4.74 Å². The number of hydrogen-bond acceptors (Lipinski definition) is 3. The quantitative estimate of drug-likeness (QED) is 0.865. The fourth-order valence-corrected chi connectivity index (χ4v) is 3.88. The highest BCUT2D eigenvalue weighted by atomic mass is 32.2. The minimum Gasteiger partial charge on any atom is -0.377 e. The molecule has 0 radical (unpaired) electrons. The molecule has 2 heterocycles. The smallest absolute Gasteiger partial charge is 0.318 e. The first kappa shape index (κ1) is 13.8. The summed E-state index contributed by atoms with van der Waals surface area (Å²) in [6.45, 7) is 3.97. The summed E-state index contributed by atoms with van der Waals surface area (Å²) in [5.74, 6) is 1.06. The molecule has 0 saturated carbocycles. The van der Waals surface area contributed by atoms with E-state index in [0.29, 0.717) is 19.8 Å². The molecule has 0 spiro atoms. The summed E-state index contributed by atoms with van der Waals surface area (Å²) in [6.07, 6.45) is 0.992. The fourth-order valence-electron chi connectivity index (χ4n) is 2.75. The van der Waals surface area contributed by atoms with Gasteiger partial charge in [-0.1, -0.05) is 18.2 Å². The van der Waals surface area contributed by atoms with E-state index >= 15 is 0 Å². The zero-order chi connectivity index (χ0) is 13.9. The number of amides is 2. The van der Waals surface area contributed by atoms with Crippen molar-refractivity contribution >= 4 is 17.8 Å². The van der Waals surface area contributed by atoms with Gasteiger partial charge in [0.15, 0.2) is 0 Å². The van der Waals surface area contributed by atoms with E-state index in [2.05, 4.69) is 23.5 Å². The molecule has 2 aliphatic rings. The second kappa shape index (κ2) is 6.06. The van der Waals surface area contributed by atoms with Gasteiger partial charge in [0.05, 0.1) is 25.3 Å². The average molecular weight is 292 g/mol. The van der Waals surface area contributed by atoms with Crippen LogP contribution in [0.4, 0.5) is 4.79 Å². The lowest BCUT2D eigenvalue weighted by Gasteiger charge is -2.35. The number of benzene rings is 1. The van der Waals surface area contributed by atoms with Gasteiger partial charge in [-0.2, -0.15) is 0 Å². The maximum Gasteiger partial charge on any atom is 0.318 e. The van der Waals surface area contributed by atoms with E-state index in [0.717, 1.165) is 12.2 Å². The maximum atomic E-state index is 12.4. The number of nitrogens with zero attached hydrogens (tertiary/aromatic N) is 1. The summed E-state index contributed by atoms with van der Waals surface area (Å²) < 4.78 is 5.38. The number of hydrogen-bond donors (Lipinski definition) is 1. The van der Waals surface area contributed by atoms with Crippen LogP contribution in [0.2, 0.25) is 0 Å². The summed E-state index contributed by atoms with van der Waals surface area (Å²) >= 11 is 1.87. The van der Waals surface area contributed by atoms with Crippen molar-refractivity contribution in [3.63, 3.8) is 0 Å². The van der Waals surface area contributed by atoms with Crippen LogP contribution < -0.4 is 5.32 Å². The Bertz CT molecular complexity index is 495. The molecule has 1 aromatic rings. The normalized spacial score (nSPS) is 25.9. The second-order valence-corrected chi connectivity index (χ2v) is 6.43. The highest BCUT2D eigenvalue weighted by Crippen LogP contribution is 2.35. The van der Waals surface area contributed by atoms with Gasteiger partial charge in [-0.25, -0.2) is 4.79 Å². The zero-order valence-corrected chi connectivity index (χ0v) is 12.5. The number of thioether (sulfide) groups is 1. The van der Waals surface area contributed by atoms with Gasteiger partial charge >= 0.3 is 6.03 Å².